The molecule has 0 bridgehead atoms. The first kappa shape index (κ1) is 26.1. The van der Waals surface area contributed by atoms with Crippen LogP contribution in [0.4, 0.5) is 4.39 Å². The Bertz CT molecular complexity index is 1840. The van der Waals surface area contributed by atoms with E-state index in [1.807, 2.05) is 17.0 Å². The topological polar surface area (TPSA) is 135 Å². The van der Waals surface area contributed by atoms with Crippen molar-refractivity contribution in [3.05, 3.63) is 101 Å². The molecule has 0 saturated carbocycles. The van der Waals surface area contributed by atoms with Crippen LogP contribution in [0.1, 0.15) is 32.7 Å². The number of carboxylic acid groups (broad SMARTS) is 2. The van der Waals surface area contributed by atoms with Crippen molar-refractivity contribution >= 4 is 23.1 Å². The number of nitrogens with zero attached hydrogens (tertiary/aromatic N) is 6. The third-order valence-corrected chi connectivity index (χ3v) is 7.52. The monoisotopic (exact) mass is 556 g/mol. The molecule has 0 spiro atoms. The molecule has 2 atom stereocenters. The number of aromatic carboxylic acids is 2. The van der Waals surface area contributed by atoms with Crippen molar-refractivity contribution in [3.8, 4) is 16.8 Å². The molecular weight excluding hydrogens is 531 g/mol. The molecule has 4 heterocycles. The van der Waals surface area contributed by atoms with Gasteiger partial charge in [0.2, 0.25) is 0 Å². The van der Waals surface area contributed by atoms with Gasteiger partial charge < -0.3 is 14.8 Å². The smallest absolute Gasteiger partial charge is 0.354 e. The Hall–Kier alpha value is -5.10. The van der Waals surface area contributed by atoms with E-state index in [0.29, 0.717) is 22.7 Å². The van der Waals surface area contributed by atoms with E-state index in [-0.39, 0.29) is 30.9 Å². The van der Waals surface area contributed by atoms with Crippen molar-refractivity contribution in [3.63, 3.8) is 0 Å². The van der Waals surface area contributed by atoms with Gasteiger partial charge in [-0.1, -0.05) is 24.3 Å². The molecule has 0 unspecified atom stereocenters. The van der Waals surface area contributed by atoms with E-state index in [0.717, 1.165) is 11.1 Å². The van der Waals surface area contributed by atoms with Crippen molar-refractivity contribution < 1.29 is 24.2 Å². The third kappa shape index (κ3) is 4.57. The van der Waals surface area contributed by atoms with Gasteiger partial charge in [0.1, 0.15) is 17.7 Å². The van der Waals surface area contributed by atoms with E-state index >= 15 is 4.39 Å². The number of alkyl halides is 1. The van der Waals surface area contributed by atoms with Gasteiger partial charge in [0.15, 0.2) is 5.65 Å². The molecule has 11 nitrogen and oxygen atoms in total. The van der Waals surface area contributed by atoms with Crippen LogP contribution in [-0.4, -0.2) is 70.0 Å². The zero-order chi connectivity index (χ0) is 28.8. The Morgan fingerprint density at radius 3 is 2.27 bits per heavy atom. The lowest BCUT2D eigenvalue weighted by atomic mass is 10.0. The summed E-state index contributed by atoms with van der Waals surface area (Å²) >= 11 is 0. The fourth-order valence-corrected chi connectivity index (χ4v) is 5.39. The molecule has 0 radical (unpaired) electrons. The number of aromatic nitrogens is 5. The van der Waals surface area contributed by atoms with Crippen LogP contribution in [0, 0.1) is 0 Å². The molecule has 1 aliphatic rings. The van der Waals surface area contributed by atoms with Crippen molar-refractivity contribution in [1.29, 1.82) is 0 Å². The van der Waals surface area contributed by atoms with E-state index in [1.165, 1.54) is 32.0 Å². The number of benzene rings is 2. The van der Waals surface area contributed by atoms with Crippen LogP contribution in [0.25, 0.3) is 28.0 Å². The Labute approximate surface area is 232 Å². The summed E-state index contributed by atoms with van der Waals surface area (Å²) in [5, 5.41) is 18.4. The number of carbonyl (C=O) groups is 2. The molecule has 0 amide bonds. The fraction of sp³-hybridized carbons (Fsp3) is 0.207. The highest BCUT2D eigenvalue weighted by atomic mass is 19.1. The normalized spacial score (nSPS) is 17.3. The number of carboxylic acids is 2. The van der Waals surface area contributed by atoms with Crippen molar-refractivity contribution in [2.75, 3.05) is 13.1 Å². The zero-order valence-electron chi connectivity index (χ0n) is 21.9. The number of imidazole rings is 2. The molecule has 3 aromatic heterocycles. The minimum absolute atomic E-state index is 0.0410. The molecule has 6 rings (SSSR count). The van der Waals surface area contributed by atoms with Crippen molar-refractivity contribution in [2.45, 2.75) is 18.8 Å². The van der Waals surface area contributed by atoms with Gasteiger partial charge in [0, 0.05) is 26.3 Å². The average Bonchev–Trinajstić information content (AvgIpc) is 3.60. The highest BCUT2D eigenvalue weighted by Crippen LogP contribution is 2.29. The lowest BCUT2D eigenvalue weighted by Gasteiger charge is -2.16. The Morgan fingerprint density at radius 2 is 1.63 bits per heavy atom. The fourth-order valence-electron chi connectivity index (χ4n) is 5.39. The lowest BCUT2D eigenvalue weighted by molar-refractivity contribution is 0.0679. The largest absolute Gasteiger partial charge is 0.478 e. The van der Waals surface area contributed by atoms with Crippen LogP contribution >= 0.6 is 0 Å². The summed E-state index contributed by atoms with van der Waals surface area (Å²) in [6, 6.07) is 16.4. The maximum Gasteiger partial charge on any atom is 0.354 e. The van der Waals surface area contributed by atoms with Crippen LogP contribution in [0.3, 0.4) is 0 Å². The number of likely N-dealkylation sites (tertiary alicyclic amines) is 1. The van der Waals surface area contributed by atoms with Crippen LogP contribution in [-0.2, 0) is 13.6 Å². The van der Waals surface area contributed by atoms with Crippen LogP contribution in [0.2, 0.25) is 0 Å². The molecule has 0 aliphatic carbocycles. The SMILES string of the molecule is Cn1c(C(=O)O)cnc1CN1C[C@@H](F)[C@H](n2c(=O)n(-c3ccc(-c4ccc(C(=O)O)cc4)cc3)c3cccnc32)C1. The molecule has 1 fully saturated rings. The second-order valence-electron chi connectivity index (χ2n) is 9.96. The summed E-state index contributed by atoms with van der Waals surface area (Å²) in [5.74, 6) is -1.61. The van der Waals surface area contributed by atoms with Gasteiger partial charge in [0.25, 0.3) is 0 Å². The summed E-state index contributed by atoms with van der Waals surface area (Å²) in [6.45, 7) is 0.509. The predicted octanol–water partition coefficient (Wildman–Crippen LogP) is 3.38. The van der Waals surface area contributed by atoms with E-state index in [1.54, 1.807) is 49.6 Å². The number of pyridine rings is 1. The number of rotatable bonds is 7. The van der Waals surface area contributed by atoms with E-state index in [9.17, 15) is 19.5 Å². The third-order valence-electron chi connectivity index (χ3n) is 7.52. The van der Waals surface area contributed by atoms with Crippen LogP contribution in [0.5, 0.6) is 0 Å². The molecule has 1 saturated heterocycles. The highest BCUT2D eigenvalue weighted by Gasteiger charge is 2.37. The first-order valence-electron chi connectivity index (χ1n) is 12.9. The minimum Gasteiger partial charge on any atom is -0.478 e. The molecule has 12 heteroatoms. The highest BCUT2D eigenvalue weighted by molar-refractivity contribution is 5.88. The molecule has 2 N–H and O–H groups in total. The van der Waals surface area contributed by atoms with Gasteiger partial charge in [-0.2, -0.15) is 0 Å². The van der Waals surface area contributed by atoms with Gasteiger partial charge in [-0.05, 0) is 47.5 Å². The zero-order valence-corrected chi connectivity index (χ0v) is 21.9. The van der Waals surface area contributed by atoms with Crippen LogP contribution in [0.15, 0.2) is 77.9 Å². The molecule has 5 aromatic rings. The van der Waals surface area contributed by atoms with E-state index in [2.05, 4.69) is 9.97 Å². The molecule has 41 heavy (non-hydrogen) atoms. The number of fused-ring (bicyclic) bond motifs is 1. The molecule has 1 aliphatic heterocycles. The lowest BCUT2D eigenvalue weighted by Crippen LogP contribution is -2.31. The summed E-state index contributed by atoms with van der Waals surface area (Å²) in [5.41, 5.74) is 2.97. The Balaban J connectivity index is 1.31. The first-order valence-corrected chi connectivity index (χ1v) is 12.9. The van der Waals surface area contributed by atoms with Crippen molar-refractivity contribution in [2.24, 2.45) is 7.05 Å². The second kappa shape index (κ2) is 10.1. The minimum atomic E-state index is -1.36. The average molecular weight is 557 g/mol. The van der Waals surface area contributed by atoms with E-state index in [4.69, 9.17) is 5.11 Å². The van der Waals surface area contributed by atoms with Gasteiger partial charge in [-0.15, -0.1) is 0 Å². The Kier molecular flexibility index (Phi) is 6.46. The summed E-state index contributed by atoms with van der Waals surface area (Å²) < 4.78 is 19.9. The van der Waals surface area contributed by atoms with E-state index < -0.39 is 29.8 Å². The Morgan fingerprint density at radius 1 is 0.951 bits per heavy atom. The quantitative estimate of drug-likeness (QED) is 0.312. The second-order valence-corrected chi connectivity index (χ2v) is 9.96. The maximum absolute atomic E-state index is 15.5. The summed E-state index contributed by atoms with van der Waals surface area (Å²) in [6.07, 6.45) is 1.48. The van der Waals surface area contributed by atoms with Gasteiger partial charge >= 0.3 is 17.6 Å². The molecular formula is C29H25FN6O5. The summed E-state index contributed by atoms with van der Waals surface area (Å²) in [4.78, 5) is 46.8. The number of halogens is 1. The number of hydrogen-bond donors (Lipinski definition) is 2. The first-order chi connectivity index (χ1) is 19.7. The van der Waals surface area contributed by atoms with Gasteiger partial charge in [-0.25, -0.2) is 28.7 Å². The van der Waals surface area contributed by atoms with Crippen LogP contribution < -0.4 is 5.69 Å². The maximum atomic E-state index is 15.5. The number of hydrogen-bond acceptors (Lipinski definition) is 6. The van der Waals surface area contributed by atoms with Gasteiger partial charge in [0.05, 0.1) is 35.6 Å². The standard InChI is InChI=1S/C29H25FN6O5/c1-33-23(28(39)40)13-32-25(33)16-34-14-21(30)24(15-34)36-26-22(3-2-12-31-26)35(29(36)41)20-10-8-18(9-11-20)17-4-6-19(7-5-17)27(37)38/h2-13,21,24H,14-16H2,1H3,(H,37,38)(H,39,40)/t21-,24-/m1/s1. The van der Waals surface area contributed by atoms with Crippen molar-refractivity contribution in [1.82, 2.24) is 28.6 Å². The molecule has 208 valence electrons. The predicted molar refractivity (Wildman–Crippen MR) is 147 cm³/mol. The van der Waals surface area contributed by atoms with Gasteiger partial charge in [-0.3, -0.25) is 14.0 Å². The molecule has 2 aromatic carbocycles. The summed E-state index contributed by atoms with van der Waals surface area (Å²) in [7, 11) is 1.60.